The molecule has 2 rings (SSSR count). The first-order chi connectivity index (χ1) is 9.10. The Balaban J connectivity index is 2.03. The van der Waals surface area contributed by atoms with E-state index in [4.69, 9.17) is 5.26 Å². The molecule has 1 fully saturated rings. The number of nitriles is 1. The van der Waals surface area contributed by atoms with E-state index in [9.17, 15) is 14.9 Å². The van der Waals surface area contributed by atoms with Gasteiger partial charge in [0.2, 0.25) is 11.6 Å². The highest BCUT2D eigenvalue weighted by atomic mass is 16.6. The second kappa shape index (κ2) is 5.30. The third-order valence-electron chi connectivity index (χ3n) is 2.79. The Labute approximate surface area is 108 Å². The van der Waals surface area contributed by atoms with Crippen molar-refractivity contribution in [1.29, 1.82) is 5.26 Å². The van der Waals surface area contributed by atoms with Gasteiger partial charge in [0, 0.05) is 25.1 Å². The zero-order valence-corrected chi connectivity index (χ0v) is 9.92. The van der Waals surface area contributed by atoms with Crippen molar-refractivity contribution in [3.63, 3.8) is 0 Å². The molecule has 0 radical (unpaired) electrons. The third-order valence-corrected chi connectivity index (χ3v) is 2.79. The lowest BCUT2D eigenvalue weighted by Gasteiger charge is -2.11. The molecular weight excluding hydrogens is 250 g/mol. The van der Waals surface area contributed by atoms with Crippen LogP contribution in [0.4, 0.5) is 11.5 Å². The van der Waals surface area contributed by atoms with Gasteiger partial charge in [0.25, 0.3) is 0 Å². The summed E-state index contributed by atoms with van der Waals surface area (Å²) >= 11 is 0. The summed E-state index contributed by atoms with van der Waals surface area (Å²) in [5.41, 5.74) is -0.548. The van der Waals surface area contributed by atoms with E-state index in [-0.39, 0.29) is 23.3 Å². The zero-order chi connectivity index (χ0) is 13.8. The number of nitrogens with zero attached hydrogens (tertiary/aromatic N) is 3. The van der Waals surface area contributed by atoms with Crippen LogP contribution >= 0.6 is 0 Å². The molecule has 1 aliphatic rings. The average molecular weight is 261 g/mol. The number of anilines is 1. The summed E-state index contributed by atoms with van der Waals surface area (Å²) in [6, 6.07) is 4.39. The van der Waals surface area contributed by atoms with Crippen molar-refractivity contribution in [2.75, 3.05) is 11.9 Å². The molecule has 0 aliphatic carbocycles. The third kappa shape index (κ3) is 2.95. The molecule has 0 saturated carbocycles. The van der Waals surface area contributed by atoms with Gasteiger partial charge < -0.3 is 10.6 Å². The first-order valence-electron chi connectivity index (χ1n) is 5.69. The minimum atomic E-state index is -0.646. The van der Waals surface area contributed by atoms with Gasteiger partial charge in [0.05, 0.1) is 4.92 Å². The van der Waals surface area contributed by atoms with E-state index < -0.39 is 4.92 Å². The van der Waals surface area contributed by atoms with Crippen LogP contribution in [-0.4, -0.2) is 28.4 Å². The Morgan fingerprint density at radius 1 is 1.63 bits per heavy atom. The molecule has 1 aromatic rings. The summed E-state index contributed by atoms with van der Waals surface area (Å²) in [6.07, 6.45) is 1.24. The van der Waals surface area contributed by atoms with Crippen molar-refractivity contribution < 1.29 is 9.72 Å². The molecule has 1 aromatic heterocycles. The minimum Gasteiger partial charge on any atom is -0.368 e. The molecule has 1 atom stereocenters. The Bertz CT molecular complexity index is 566. The van der Waals surface area contributed by atoms with Crippen molar-refractivity contribution in [1.82, 2.24) is 10.3 Å². The Hall–Kier alpha value is -2.69. The number of carbonyl (C=O) groups is 1. The van der Waals surface area contributed by atoms with E-state index in [1.807, 2.05) is 0 Å². The second-order valence-electron chi connectivity index (χ2n) is 4.12. The fourth-order valence-electron chi connectivity index (χ4n) is 1.84. The van der Waals surface area contributed by atoms with Crippen LogP contribution in [0.2, 0.25) is 0 Å². The van der Waals surface area contributed by atoms with E-state index >= 15 is 0 Å². The summed E-state index contributed by atoms with van der Waals surface area (Å²) in [7, 11) is 0. The standard InChI is InChI=1S/C11H11N5O3/c12-5-8-9(16(18)19)2-3-10(15-8)13-6-7-1-4-11(17)14-7/h2-3,7H,1,4,6H2,(H,13,15)(H,14,17). The minimum absolute atomic E-state index is 0.0150. The summed E-state index contributed by atoms with van der Waals surface area (Å²) in [5.74, 6) is 0.393. The van der Waals surface area contributed by atoms with Crippen LogP contribution in [0, 0.1) is 21.4 Å². The highest BCUT2D eigenvalue weighted by Gasteiger charge is 2.21. The lowest BCUT2D eigenvalue weighted by Crippen LogP contribution is -2.32. The smallest absolute Gasteiger partial charge is 0.305 e. The van der Waals surface area contributed by atoms with Gasteiger partial charge in [0.15, 0.2) is 0 Å². The molecule has 1 saturated heterocycles. The molecule has 1 amide bonds. The molecule has 19 heavy (non-hydrogen) atoms. The first kappa shape index (κ1) is 12.8. The number of aromatic nitrogens is 1. The summed E-state index contributed by atoms with van der Waals surface area (Å²) in [5, 5.41) is 25.2. The first-order valence-corrected chi connectivity index (χ1v) is 5.69. The monoisotopic (exact) mass is 261 g/mol. The predicted octanol–water partition coefficient (Wildman–Crippen LogP) is 0.552. The molecule has 8 nitrogen and oxygen atoms in total. The van der Waals surface area contributed by atoms with Crippen LogP contribution in [0.3, 0.4) is 0 Å². The Kier molecular flexibility index (Phi) is 3.56. The second-order valence-corrected chi connectivity index (χ2v) is 4.12. The van der Waals surface area contributed by atoms with Crippen molar-refractivity contribution in [3.8, 4) is 6.07 Å². The van der Waals surface area contributed by atoms with Crippen molar-refractivity contribution >= 4 is 17.4 Å². The molecule has 2 heterocycles. The van der Waals surface area contributed by atoms with Crippen molar-refractivity contribution in [2.45, 2.75) is 18.9 Å². The van der Waals surface area contributed by atoms with Gasteiger partial charge in [-0.2, -0.15) is 5.26 Å². The lowest BCUT2D eigenvalue weighted by molar-refractivity contribution is -0.385. The van der Waals surface area contributed by atoms with Crippen LogP contribution in [0.25, 0.3) is 0 Å². The number of nitro groups is 1. The van der Waals surface area contributed by atoms with E-state index in [0.717, 1.165) is 6.42 Å². The Morgan fingerprint density at radius 2 is 2.42 bits per heavy atom. The summed E-state index contributed by atoms with van der Waals surface area (Å²) in [6.45, 7) is 0.474. The van der Waals surface area contributed by atoms with Gasteiger partial charge in [-0.05, 0) is 12.5 Å². The Morgan fingerprint density at radius 3 is 3.00 bits per heavy atom. The average Bonchev–Trinajstić information content (AvgIpc) is 2.81. The maximum Gasteiger partial charge on any atom is 0.305 e. The van der Waals surface area contributed by atoms with Crippen LogP contribution in [0.15, 0.2) is 12.1 Å². The molecule has 8 heteroatoms. The molecule has 98 valence electrons. The van der Waals surface area contributed by atoms with Gasteiger partial charge in [-0.1, -0.05) is 0 Å². The zero-order valence-electron chi connectivity index (χ0n) is 9.92. The largest absolute Gasteiger partial charge is 0.368 e. The van der Waals surface area contributed by atoms with Gasteiger partial charge in [-0.3, -0.25) is 14.9 Å². The number of rotatable bonds is 4. The fourth-order valence-corrected chi connectivity index (χ4v) is 1.84. The molecule has 1 unspecified atom stereocenters. The van der Waals surface area contributed by atoms with Gasteiger partial charge in [-0.25, -0.2) is 4.98 Å². The van der Waals surface area contributed by atoms with Crippen molar-refractivity contribution in [2.24, 2.45) is 0 Å². The SMILES string of the molecule is N#Cc1nc(NCC2CCC(=O)N2)ccc1[N+](=O)[O-]. The highest BCUT2D eigenvalue weighted by Crippen LogP contribution is 2.18. The highest BCUT2D eigenvalue weighted by molar-refractivity contribution is 5.78. The maximum atomic E-state index is 11.0. The maximum absolute atomic E-state index is 11.0. The van der Waals surface area contributed by atoms with Gasteiger partial charge in [-0.15, -0.1) is 0 Å². The summed E-state index contributed by atoms with van der Waals surface area (Å²) < 4.78 is 0. The number of nitrogens with one attached hydrogen (secondary N) is 2. The number of hydrogen-bond acceptors (Lipinski definition) is 6. The van der Waals surface area contributed by atoms with Gasteiger partial charge >= 0.3 is 5.69 Å². The van der Waals surface area contributed by atoms with Crippen LogP contribution in [0.5, 0.6) is 0 Å². The number of pyridine rings is 1. The van der Waals surface area contributed by atoms with E-state index in [1.165, 1.54) is 12.1 Å². The molecule has 0 spiro atoms. The number of hydrogen-bond donors (Lipinski definition) is 2. The topological polar surface area (TPSA) is 121 Å². The van der Waals surface area contributed by atoms with E-state index in [0.29, 0.717) is 18.8 Å². The molecule has 2 N–H and O–H groups in total. The quantitative estimate of drug-likeness (QED) is 0.603. The molecular formula is C11H11N5O3. The molecule has 0 bridgehead atoms. The molecule has 1 aliphatic heterocycles. The van der Waals surface area contributed by atoms with Crippen LogP contribution in [0.1, 0.15) is 18.5 Å². The van der Waals surface area contributed by atoms with E-state index in [1.54, 1.807) is 6.07 Å². The number of carbonyl (C=O) groups excluding carboxylic acids is 1. The molecule has 0 aromatic carbocycles. The van der Waals surface area contributed by atoms with Crippen LogP contribution in [-0.2, 0) is 4.79 Å². The summed E-state index contributed by atoms with van der Waals surface area (Å²) in [4.78, 5) is 24.9. The number of amides is 1. The predicted molar refractivity (Wildman–Crippen MR) is 65.3 cm³/mol. The van der Waals surface area contributed by atoms with Crippen LogP contribution < -0.4 is 10.6 Å². The van der Waals surface area contributed by atoms with Gasteiger partial charge in [0.1, 0.15) is 11.9 Å². The fraction of sp³-hybridized carbons (Fsp3) is 0.364. The van der Waals surface area contributed by atoms with Crippen molar-refractivity contribution in [3.05, 3.63) is 27.9 Å². The lowest BCUT2D eigenvalue weighted by atomic mass is 10.2. The normalized spacial score (nSPS) is 17.6. The van der Waals surface area contributed by atoms with E-state index in [2.05, 4.69) is 15.6 Å².